The minimum atomic E-state index is -4.38. The van der Waals surface area contributed by atoms with E-state index in [0.29, 0.717) is 28.6 Å². The van der Waals surface area contributed by atoms with E-state index in [0.717, 1.165) is 34.9 Å². The van der Waals surface area contributed by atoms with E-state index >= 15 is 0 Å². The zero-order chi connectivity index (χ0) is 22.7. The van der Waals surface area contributed by atoms with E-state index in [1.165, 1.54) is 12.1 Å². The molecular formula is C22H14ClF3N6O. The molecular weight excluding hydrogens is 457 g/mol. The van der Waals surface area contributed by atoms with Gasteiger partial charge in [-0.15, -0.1) is 5.10 Å². The summed E-state index contributed by atoms with van der Waals surface area (Å²) < 4.78 is 48.1. The molecule has 1 unspecified atom stereocenters. The van der Waals surface area contributed by atoms with Crippen molar-refractivity contribution in [2.45, 2.75) is 18.6 Å². The van der Waals surface area contributed by atoms with Crippen LogP contribution in [-0.4, -0.2) is 37.0 Å². The Morgan fingerprint density at radius 2 is 1.88 bits per heavy atom. The lowest BCUT2D eigenvalue weighted by Gasteiger charge is -2.10. The number of halogens is 4. The molecule has 0 amide bonds. The Hall–Kier alpha value is -3.66. The van der Waals surface area contributed by atoms with Crippen LogP contribution < -0.4 is 0 Å². The second kappa shape index (κ2) is 7.17. The molecule has 4 aromatic rings. The Labute approximate surface area is 190 Å². The Bertz CT molecular complexity index is 1410. The van der Waals surface area contributed by atoms with Crippen LogP contribution in [0.25, 0.3) is 11.4 Å². The van der Waals surface area contributed by atoms with E-state index in [1.54, 1.807) is 23.3 Å². The molecule has 0 fully saturated rings. The largest absolute Gasteiger partial charge is 0.474 e. The van der Waals surface area contributed by atoms with Crippen LogP contribution in [0.15, 0.2) is 60.0 Å². The number of fused-ring (bicyclic) bond motifs is 5. The summed E-state index contributed by atoms with van der Waals surface area (Å²) in [4.78, 5) is 9.17. The zero-order valence-corrected chi connectivity index (χ0v) is 17.5. The Balaban J connectivity index is 1.39. The summed E-state index contributed by atoms with van der Waals surface area (Å²) in [5.74, 6) is 0.352. The number of ether oxygens (including phenoxy) is 1. The number of rotatable bonds is 2. The lowest BCUT2D eigenvalue weighted by Crippen LogP contribution is -2.08. The second-order valence-corrected chi connectivity index (χ2v) is 8.17. The van der Waals surface area contributed by atoms with Gasteiger partial charge in [0, 0.05) is 11.4 Å². The maximum Gasteiger partial charge on any atom is 0.416 e. The number of imidazole rings is 1. The molecule has 0 aliphatic carbocycles. The average molecular weight is 471 g/mol. The normalized spacial score (nSPS) is 17.0. The van der Waals surface area contributed by atoms with E-state index in [1.807, 2.05) is 16.7 Å². The molecule has 0 saturated heterocycles. The number of benzene rings is 2. The summed E-state index contributed by atoms with van der Waals surface area (Å²) in [5, 5.41) is 8.80. The van der Waals surface area contributed by atoms with Gasteiger partial charge in [0.1, 0.15) is 24.7 Å². The fourth-order valence-corrected chi connectivity index (χ4v) is 4.28. The van der Waals surface area contributed by atoms with Gasteiger partial charge in [0.15, 0.2) is 0 Å². The van der Waals surface area contributed by atoms with Gasteiger partial charge in [-0.25, -0.2) is 14.7 Å². The van der Waals surface area contributed by atoms with Crippen molar-refractivity contribution >= 4 is 17.5 Å². The molecule has 0 radical (unpaired) electrons. The number of alkyl halides is 3. The predicted octanol–water partition coefficient (Wildman–Crippen LogP) is 4.55. The second-order valence-electron chi connectivity index (χ2n) is 7.74. The van der Waals surface area contributed by atoms with Gasteiger partial charge in [-0.3, -0.25) is 4.57 Å². The van der Waals surface area contributed by atoms with Crippen LogP contribution in [-0.2, 0) is 17.3 Å². The van der Waals surface area contributed by atoms with Gasteiger partial charge in [-0.05, 0) is 35.9 Å². The van der Waals surface area contributed by atoms with Crippen molar-refractivity contribution in [2.24, 2.45) is 4.99 Å². The molecule has 0 saturated carbocycles. The highest BCUT2D eigenvalue weighted by Gasteiger charge is 2.32. The van der Waals surface area contributed by atoms with Gasteiger partial charge in [-0.1, -0.05) is 28.9 Å². The van der Waals surface area contributed by atoms with Crippen LogP contribution in [0, 0.1) is 0 Å². The van der Waals surface area contributed by atoms with E-state index in [-0.39, 0.29) is 6.61 Å². The first kappa shape index (κ1) is 20.0. The fraction of sp³-hybridized carbons (Fsp3) is 0.182. The van der Waals surface area contributed by atoms with Crippen LogP contribution in [0.1, 0.15) is 34.3 Å². The molecule has 0 N–H and O–H groups in total. The van der Waals surface area contributed by atoms with Crippen LogP contribution in [0.2, 0.25) is 5.02 Å². The molecule has 2 aromatic heterocycles. The standard InChI is InChI=1S/C22H14ClF3N6O/c23-14-5-6-17-18(7-14)32-15(9-28-30-32)8-19-20(27-11-31(17)19)21-29-16(10-33-21)12-1-3-13(4-2-12)22(24,25)26/h1-7,9,11,16H,8,10H2. The molecule has 166 valence electrons. The first-order valence-corrected chi connectivity index (χ1v) is 10.4. The summed E-state index contributed by atoms with van der Waals surface area (Å²) in [6, 6.07) is 10.0. The van der Waals surface area contributed by atoms with Crippen molar-refractivity contribution in [3.63, 3.8) is 0 Å². The minimum Gasteiger partial charge on any atom is -0.474 e. The monoisotopic (exact) mass is 470 g/mol. The van der Waals surface area contributed by atoms with Crippen molar-refractivity contribution in [2.75, 3.05) is 6.61 Å². The van der Waals surface area contributed by atoms with Crippen molar-refractivity contribution in [1.29, 1.82) is 0 Å². The third-order valence-electron chi connectivity index (χ3n) is 5.74. The van der Waals surface area contributed by atoms with Crippen molar-refractivity contribution in [3.8, 4) is 11.4 Å². The highest BCUT2D eigenvalue weighted by Crippen LogP contribution is 2.34. The summed E-state index contributed by atoms with van der Waals surface area (Å²) >= 11 is 6.22. The molecule has 6 rings (SSSR count). The van der Waals surface area contributed by atoms with Gasteiger partial charge in [0.2, 0.25) is 5.90 Å². The fourth-order valence-electron chi connectivity index (χ4n) is 4.12. The van der Waals surface area contributed by atoms with E-state index < -0.39 is 17.8 Å². The van der Waals surface area contributed by atoms with Crippen LogP contribution in [0.5, 0.6) is 0 Å². The van der Waals surface area contributed by atoms with E-state index in [4.69, 9.17) is 16.3 Å². The number of hydrogen-bond donors (Lipinski definition) is 0. The molecule has 4 heterocycles. The Morgan fingerprint density at radius 1 is 1.06 bits per heavy atom. The van der Waals surface area contributed by atoms with Crippen LogP contribution >= 0.6 is 11.6 Å². The molecule has 11 heteroatoms. The van der Waals surface area contributed by atoms with E-state index in [9.17, 15) is 13.2 Å². The van der Waals surface area contributed by atoms with Crippen LogP contribution in [0.4, 0.5) is 13.2 Å². The first-order chi connectivity index (χ1) is 15.9. The third-order valence-corrected chi connectivity index (χ3v) is 5.97. The smallest absolute Gasteiger partial charge is 0.416 e. The lowest BCUT2D eigenvalue weighted by atomic mass is 10.1. The van der Waals surface area contributed by atoms with Gasteiger partial charge < -0.3 is 4.74 Å². The Kier molecular flexibility index (Phi) is 4.34. The quantitative estimate of drug-likeness (QED) is 0.379. The number of aliphatic imine (C=N–C) groups is 1. The summed E-state index contributed by atoms with van der Waals surface area (Å²) in [6.45, 7) is 0.221. The van der Waals surface area contributed by atoms with E-state index in [2.05, 4.69) is 20.3 Å². The summed E-state index contributed by atoms with van der Waals surface area (Å²) in [6.07, 6.45) is -0.537. The molecule has 1 atom stereocenters. The molecule has 2 aliphatic heterocycles. The topological polar surface area (TPSA) is 70.1 Å². The first-order valence-electron chi connectivity index (χ1n) is 10.0. The molecule has 2 aromatic carbocycles. The molecule has 33 heavy (non-hydrogen) atoms. The van der Waals surface area contributed by atoms with Gasteiger partial charge in [0.05, 0.1) is 34.5 Å². The Morgan fingerprint density at radius 3 is 2.67 bits per heavy atom. The molecule has 7 nitrogen and oxygen atoms in total. The van der Waals surface area contributed by atoms with Gasteiger partial charge in [0.25, 0.3) is 0 Å². The summed E-state index contributed by atoms with van der Waals surface area (Å²) in [5.41, 5.74) is 3.80. The number of nitrogens with zero attached hydrogens (tertiary/aromatic N) is 6. The SMILES string of the molecule is FC(F)(F)c1ccc(C2COC(c3ncn4c3Cc3cnnn3-c3cc(Cl)ccc3-4)=N2)cc1. The number of aromatic nitrogens is 5. The third kappa shape index (κ3) is 3.29. The highest BCUT2D eigenvalue weighted by molar-refractivity contribution is 6.30. The number of hydrogen-bond acceptors (Lipinski definition) is 5. The summed E-state index contributed by atoms with van der Waals surface area (Å²) in [7, 11) is 0. The van der Waals surface area contributed by atoms with Gasteiger partial charge >= 0.3 is 6.18 Å². The molecule has 0 bridgehead atoms. The predicted molar refractivity (Wildman–Crippen MR) is 113 cm³/mol. The maximum atomic E-state index is 12.9. The lowest BCUT2D eigenvalue weighted by molar-refractivity contribution is -0.137. The molecule has 2 aliphatic rings. The molecule has 0 spiro atoms. The zero-order valence-electron chi connectivity index (χ0n) is 16.8. The van der Waals surface area contributed by atoms with Crippen molar-refractivity contribution in [3.05, 3.63) is 88.2 Å². The van der Waals surface area contributed by atoms with Crippen molar-refractivity contribution in [1.82, 2.24) is 24.5 Å². The van der Waals surface area contributed by atoms with Crippen molar-refractivity contribution < 1.29 is 17.9 Å². The highest BCUT2D eigenvalue weighted by atomic mass is 35.5. The van der Waals surface area contributed by atoms with Crippen LogP contribution in [0.3, 0.4) is 0 Å². The minimum absolute atomic E-state index is 0.221. The maximum absolute atomic E-state index is 12.9. The van der Waals surface area contributed by atoms with Gasteiger partial charge in [-0.2, -0.15) is 13.2 Å². The average Bonchev–Trinajstić information content (AvgIpc) is 3.52.